The van der Waals surface area contributed by atoms with E-state index in [1.165, 1.54) is 36.1 Å². The van der Waals surface area contributed by atoms with Gasteiger partial charge >= 0.3 is 0 Å². The summed E-state index contributed by atoms with van der Waals surface area (Å²) < 4.78 is 16.3. The van der Waals surface area contributed by atoms with Crippen molar-refractivity contribution in [2.75, 3.05) is 5.32 Å². The molecule has 0 aliphatic heterocycles. The Labute approximate surface area is 185 Å². The molecule has 0 saturated carbocycles. The van der Waals surface area contributed by atoms with Crippen molar-refractivity contribution in [2.24, 2.45) is 0 Å². The number of aromatic nitrogens is 4. The summed E-state index contributed by atoms with van der Waals surface area (Å²) in [7, 11) is 0. The molecular formula is C20H15ClFN5OS2. The van der Waals surface area contributed by atoms with Crippen LogP contribution < -0.4 is 5.32 Å². The van der Waals surface area contributed by atoms with Crippen molar-refractivity contribution >= 4 is 45.7 Å². The minimum Gasteiger partial charge on any atom is -0.302 e. The van der Waals surface area contributed by atoms with Crippen LogP contribution in [0.15, 0.2) is 59.1 Å². The molecule has 0 bridgehead atoms. The second kappa shape index (κ2) is 8.95. The first kappa shape index (κ1) is 20.5. The maximum absolute atomic E-state index is 14.6. The Hall–Kier alpha value is -2.75. The SMILES string of the molecule is CC(=O)Nc1nc(CSc2nnc(-c3ccccc3Cl)n2-c2ccccc2F)cs1. The van der Waals surface area contributed by atoms with Crippen LogP contribution in [-0.2, 0) is 10.5 Å². The van der Waals surface area contributed by atoms with E-state index in [9.17, 15) is 9.18 Å². The summed E-state index contributed by atoms with van der Waals surface area (Å²) in [4.78, 5) is 15.6. The number of benzene rings is 2. The minimum atomic E-state index is -0.394. The number of hydrogen-bond donors (Lipinski definition) is 1. The Morgan fingerprint density at radius 3 is 2.73 bits per heavy atom. The Bertz CT molecular complexity index is 1210. The standard InChI is InChI=1S/C20H15ClFN5OS2/c1-12(28)23-19-24-13(10-29-19)11-30-20-26-25-18(14-6-2-3-7-15(14)21)27(20)17-9-5-4-8-16(17)22/h2-10H,11H2,1H3,(H,23,24,28). The summed E-state index contributed by atoms with van der Waals surface area (Å²) in [5.41, 5.74) is 1.76. The molecule has 6 nitrogen and oxygen atoms in total. The molecule has 2 heterocycles. The predicted molar refractivity (Wildman–Crippen MR) is 118 cm³/mol. The number of amides is 1. The summed E-state index contributed by atoms with van der Waals surface area (Å²) in [6.07, 6.45) is 0. The lowest BCUT2D eigenvalue weighted by molar-refractivity contribution is -0.114. The molecule has 1 amide bonds. The van der Waals surface area contributed by atoms with Gasteiger partial charge in [-0.05, 0) is 24.3 Å². The van der Waals surface area contributed by atoms with Crippen LogP contribution in [-0.4, -0.2) is 25.7 Å². The van der Waals surface area contributed by atoms with Crippen LogP contribution >= 0.6 is 34.7 Å². The van der Waals surface area contributed by atoms with Crippen molar-refractivity contribution in [2.45, 2.75) is 17.8 Å². The van der Waals surface area contributed by atoms with Gasteiger partial charge in [-0.15, -0.1) is 21.5 Å². The first-order valence-corrected chi connectivity index (χ1v) is 11.1. The van der Waals surface area contributed by atoms with Gasteiger partial charge in [-0.1, -0.05) is 47.6 Å². The molecule has 152 valence electrons. The third kappa shape index (κ3) is 4.38. The van der Waals surface area contributed by atoms with Crippen LogP contribution in [0, 0.1) is 5.82 Å². The molecule has 2 aromatic heterocycles. The smallest absolute Gasteiger partial charge is 0.223 e. The average molecular weight is 460 g/mol. The fourth-order valence-corrected chi connectivity index (χ4v) is 4.67. The zero-order valence-electron chi connectivity index (χ0n) is 15.7. The number of thioether (sulfide) groups is 1. The van der Waals surface area contributed by atoms with E-state index in [4.69, 9.17) is 11.6 Å². The largest absolute Gasteiger partial charge is 0.302 e. The number of halogens is 2. The highest BCUT2D eigenvalue weighted by Gasteiger charge is 2.20. The quantitative estimate of drug-likeness (QED) is 0.389. The third-order valence-corrected chi connectivity index (χ3v) is 6.12. The second-order valence-electron chi connectivity index (χ2n) is 6.19. The van der Waals surface area contributed by atoms with Crippen molar-refractivity contribution in [1.29, 1.82) is 0 Å². The van der Waals surface area contributed by atoms with Crippen LogP contribution in [0.3, 0.4) is 0 Å². The van der Waals surface area contributed by atoms with Gasteiger partial charge in [0.1, 0.15) is 5.82 Å². The van der Waals surface area contributed by atoms with Gasteiger partial charge in [0.25, 0.3) is 0 Å². The molecule has 10 heteroatoms. The Balaban J connectivity index is 1.70. The number of anilines is 1. The highest BCUT2D eigenvalue weighted by molar-refractivity contribution is 7.98. The van der Waals surface area contributed by atoms with Gasteiger partial charge in [0.2, 0.25) is 5.91 Å². The zero-order valence-corrected chi connectivity index (χ0v) is 18.1. The summed E-state index contributed by atoms with van der Waals surface area (Å²) in [5.74, 6) is 0.359. The number of para-hydroxylation sites is 1. The molecule has 0 saturated heterocycles. The second-order valence-corrected chi connectivity index (χ2v) is 8.39. The van der Waals surface area contributed by atoms with E-state index in [0.29, 0.717) is 38.1 Å². The summed E-state index contributed by atoms with van der Waals surface area (Å²) in [5, 5.41) is 14.6. The molecule has 0 fully saturated rings. The molecule has 4 rings (SSSR count). The molecule has 0 aliphatic carbocycles. The Kier molecular flexibility index (Phi) is 6.12. The molecule has 0 radical (unpaired) electrons. The molecule has 30 heavy (non-hydrogen) atoms. The lowest BCUT2D eigenvalue weighted by Crippen LogP contribution is -2.05. The predicted octanol–water partition coefficient (Wildman–Crippen LogP) is 5.43. The number of carbonyl (C=O) groups is 1. The van der Waals surface area contributed by atoms with E-state index >= 15 is 0 Å². The molecule has 0 unspecified atom stereocenters. The lowest BCUT2D eigenvalue weighted by atomic mass is 10.2. The van der Waals surface area contributed by atoms with Crippen LogP contribution in [0.4, 0.5) is 9.52 Å². The molecule has 0 spiro atoms. The van der Waals surface area contributed by atoms with Crippen molar-refractivity contribution in [3.63, 3.8) is 0 Å². The van der Waals surface area contributed by atoms with Gasteiger partial charge < -0.3 is 5.32 Å². The third-order valence-electron chi connectivity index (χ3n) is 4.03. The van der Waals surface area contributed by atoms with E-state index in [1.54, 1.807) is 28.8 Å². The van der Waals surface area contributed by atoms with E-state index in [2.05, 4.69) is 20.5 Å². The molecule has 2 aromatic carbocycles. The number of nitrogens with one attached hydrogen (secondary N) is 1. The van der Waals surface area contributed by atoms with Gasteiger partial charge in [0.15, 0.2) is 16.1 Å². The van der Waals surface area contributed by atoms with Crippen molar-refractivity contribution in [3.8, 4) is 17.1 Å². The number of nitrogens with zero attached hydrogens (tertiary/aromatic N) is 4. The van der Waals surface area contributed by atoms with Crippen LogP contribution in [0.5, 0.6) is 0 Å². The Morgan fingerprint density at radius 2 is 1.97 bits per heavy atom. The molecule has 1 N–H and O–H groups in total. The number of thiazole rings is 1. The molecule has 0 atom stereocenters. The minimum absolute atomic E-state index is 0.174. The van der Waals surface area contributed by atoms with Gasteiger partial charge in [0, 0.05) is 23.6 Å². The highest BCUT2D eigenvalue weighted by Crippen LogP contribution is 2.34. The lowest BCUT2D eigenvalue weighted by Gasteiger charge is -2.11. The van der Waals surface area contributed by atoms with E-state index in [0.717, 1.165) is 5.69 Å². The fraction of sp³-hybridized carbons (Fsp3) is 0.100. The number of rotatable bonds is 6. The van der Waals surface area contributed by atoms with E-state index < -0.39 is 5.82 Å². The monoisotopic (exact) mass is 459 g/mol. The van der Waals surface area contributed by atoms with Crippen LogP contribution in [0.1, 0.15) is 12.6 Å². The summed E-state index contributed by atoms with van der Waals surface area (Å²) >= 11 is 9.07. The van der Waals surface area contributed by atoms with Crippen molar-refractivity contribution in [1.82, 2.24) is 19.7 Å². The zero-order chi connectivity index (χ0) is 21.1. The molecule has 0 aliphatic rings. The van der Waals surface area contributed by atoms with Crippen molar-refractivity contribution in [3.05, 3.63) is 70.4 Å². The fourth-order valence-electron chi connectivity index (χ4n) is 2.75. The van der Waals surface area contributed by atoms with Gasteiger partial charge in [-0.25, -0.2) is 9.37 Å². The topological polar surface area (TPSA) is 72.7 Å². The number of hydrogen-bond acceptors (Lipinski definition) is 6. The van der Waals surface area contributed by atoms with Crippen LogP contribution in [0.2, 0.25) is 5.02 Å². The summed E-state index contributed by atoms with van der Waals surface area (Å²) in [6.45, 7) is 1.43. The average Bonchev–Trinajstić information content (AvgIpc) is 3.33. The molecule has 4 aromatic rings. The number of carbonyl (C=O) groups excluding carboxylic acids is 1. The maximum atomic E-state index is 14.6. The van der Waals surface area contributed by atoms with Gasteiger partial charge in [0.05, 0.1) is 16.4 Å². The first-order chi connectivity index (χ1) is 14.5. The van der Waals surface area contributed by atoms with Crippen molar-refractivity contribution < 1.29 is 9.18 Å². The molecular weight excluding hydrogens is 445 g/mol. The van der Waals surface area contributed by atoms with Gasteiger partial charge in [-0.2, -0.15) is 0 Å². The van der Waals surface area contributed by atoms with E-state index in [1.807, 2.05) is 23.6 Å². The first-order valence-electron chi connectivity index (χ1n) is 8.83. The highest BCUT2D eigenvalue weighted by atomic mass is 35.5. The maximum Gasteiger partial charge on any atom is 0.223 e. The Morgan fingerprint density at radius 1 is 1.20 bits per heavy atom. The van der Waals surface area contributed by atoms with E-state index in [-0.39, 0.29) is 5.91 Å². The van der Waals surface area contributed by atoms with Crippen LogP contribution in [0.25, 0.3) is 17.1 Å². The summed E-state index contributed by atoms with van der Waals surface area (Å²) in [6, 6.07) is 13.7. The van der Waals surface area contributed by atoms with Gasteiger partial charge in [-0.3, -0.25) is 9.36 Å². The normalized spacial score (nSPS) is 10.9.